The highest BCUT2D eigenvalue weighted by Gasteiger charge is 2.08. The monoisotopic (exact) mass is 199 g/mol. The molecular formula is C10H11F2NO. The summed E-state index contributed by atoms with van der Waals surface area (Å²) in [5.41, 5.74) is 0.821. The Kier molecular flexibility index (Phi) is 3.17. The van der Waals surface area contributed by atoms with Gasteiger partial charge in [-0.15, -0.1) is 0 Å². The summed E-state index contributed by atoms with van der Waals surface area (Å²) in [6, 6.07) is 2.04. The third-order valence-corrected chi connectivity index (χ3v) is 1.86. The van der Waals surface area contributed by atoms with Crippen LogP contribution in [0.5, 0.6) is 0 Å². The second-order valence-corrected chi connectivity index (χ2v) is 2.98. The van der Waals surface area contributed by atoms with Crippen LogP contribution in [0.1, 0.15) is 18.9 Å². The molecule has 0 saturated heterocycles. The van der Waals surface area contributed by atoms with Crippen LogP contribution in [-0.2, 0) is 4.79 Å². The molecule has 0 aromatic heterocycles. The molecular weight excluding hydrogens is 188 g/mol. The number of carbonyl (C=O) groups excluding carboxylic acids is 1. The summed E-state index contributed by atoms with van der Waals surface area (Å²) in [7, 11) is 0. The lowest BCUT2D eigenvalue weighted by Gasteiger charge is -2.07. The first kappa shape index (κ1) is 10.6. The molecule has 0 aliphatic heterocycles. The van der Waals surface area contributed by atoms with E-state index in [1.807, 2.05) is 0 Å². The molecule has 1 aromatic rings. The predicted molar refractivity (Wildman–Crippen MR) is 50.0 cm³/mol. The maximum absolute atomic E-state index is 12.8. The van der Waals surface area contributed by atoms with Crippen molar-refractivity contribution >= 4 is 11.6 Å². The molecule has 1 rings (SSSR count). The van der Waals surface area contributed by atoms with E-state index in [0.717, 1.165) is 12.1 Å². The zero-order valence-electron chi connectivity index (χ0n) is 8.03. The van der Waals surface area contributed by atoms with Gasteiger partial charge in [0.05, 0.1) is 0 Å². The summed E-state index contributed by atoms with van der Waals surface area (Å²) < 4.78 is 25.5. The second-order valence-electron chi connectivity index (χ2n) is 2.98. The summed E-state index contributed by atoms with van der Waals surface area (Å²) in [6.45, 7) is 3.29. The maximum Gasteiger partial charge on any atom is 0.224 e. The quantitative estimate of drug-likeness (QED) is 0.779. The van der Waals surface area contributed by atoms with Gasteiger partial charge in [-0.1, -0.05) is 6.92 Å². The van der Waals surface area contributed by atoms with Crippen molar-refractivity contribution in [1.82, 2.24) is 0 Å². The molecule has 0 aliphatic carbocycles. The van der Waals surface area contributed by atoms with Crippen molar-refractivity contribution in [3.8, 4) is 0 Å². The van der Waals surface area contributed by atoms with Gasteiger partial charge in [-0.2, -0.15) is 0 Å². The van der Waals surface area contributed by atoms with Crippen molar-refractivity contribution < 1.29 is 13.6 Å². The Balaban J connectivity index is 2.98. The van der Waals surface area contributed by atoms with E-state index in [2.05, 4.69) is 5.32 Å². The van der Waals surface area contributed by atoms with E-state index in [1.54, 1.807) is 13.8 Å². The van der Waals surface area contributed by atoms with Gasteiger partial charge in [0.25, 0.3) is 0 Å². The van der Waals surface area contributed by atoms with Gasteiger partial charge in [0.2, 0.25) is 5.91 Å². The van der Waals surface area contributed by atoms with E-state index in [1.165, 1.54) is 0 Å². The number of rotatable bonds is 2. The lowest BCUT2D eigenvalue weighted by Crippen LogP contribution is -2.11. The molecule has 2 nitrogen and oxygen atoms in total. The van der Waals surface area contributed by atoms with Crippen molar-refractivity contribution in [3.63, 3.8) is 0 Å². The van der Waals surface area contributed by atoms with Gasteiger partial charge in [-0.25, -0.2) is 8.78 Å². The number of anilines is 1. The lowest BCUT2D eigenvalue weighted by atomic mass is 10.2. The number of amides is 1. The second kappa shape index (κ2) is 4.17. The van der Waals surface area contributed by atoms with E-state index in [0.29, 0.717) is 17.7 Å². The van der Waals surface area contributed by atoms with Gasteiger partial charge >= 0.3 is 0 Å². The molecule has 14 heavy (non-hydrogen) atoms. The number of hydrogen-bond donors (Lipinski definition) is 1. The molecule has 1 aromatic carbocycles. The highest BCUT2D eigenvalue weighted by atomic mass is 19.2. The maximum atomic E-state index is 12.8. The minimum absolute atomic E-state index is 0.223. The zero-order chi connectivity index (χ0) is 10.7. The van der Waals surface area contributed by atoms with E-state index >= 15 is 0 Å². The first-order valence-electron chi connectivity index (χ1n) is 4.30. The smallest absolute Gasteiger partial charge is 0.224 e. The number of carbonyl (C=O) groups is 1. The van der Waals surface area contributed by atoms with E-state index in [4.69, 9.17) is 0 Å². The first-order chi connectivity index (χ1) is 6.54. The molecule has 0 saturated carbocycles. The van der Waals surface area contributed by atoms with Gasteiger partial charge in [0.15, 0.2) is 11.6 Å². The van der Waals surface area contributed by atoms with Crippen molar-refractivity contribution in [2.24, 2.45) is 0 Å². The van der Waals surface area contributed by atoms with Crippen molar-refractivity contribution in [1.29, 1.82) is 0 Å². The van der Waals surface area contributed by atoms with Crippen LogP contribution in [0, 0.1) is 18.6 Å². The van der Waals surface area contributed by atoms with Gasteiger partial charge < -0.3 is 5.32 Å². The highest BCUT2D eigenvalue weighted by Crippen LogP contribution is 2.18. The molecule has 0 bridgehead atoms. The van der Waals surface area contributed by atoms with Crippen LogP contribution >= 0.6 is 0 Å². The van der Waals surface area contributed by atoms with Crippen LogP contribution in [0.4, 0.5) is 14.5 Å². The number of halogens is 2. The van der Waals surface area contributed by atoms with E-state index in [-0.39, 0.29) is 5.91 Å². The van der Waals surface area contributed by atoms with Crippen LogP contribution < -0.4 is 5.32 Å². The standard InChI is InChI=1S/C10H11F2NO/c1-3-10(14)13-9-5-8(12)7(11)4-6(9)2/h4-5H,3H2,1-2H3,(H,13,14). The molecule has 0 heterocycles. The largest absolute Gasteiger partial charge is 0.326 e. The first-order valence-corrected chi connectivity index (χ1v) is 4.30. The molecule has 0 atom stereocenters. The fourth-order valence-electron chi connectivity index (χ4n) is 1.02. The SMILES string of the molecule is CCC(=O)Nc1cc(F)c(F)cc1C. The normalized spacial score (nSPS) is 10.0. The topological polar surface area (TPSA) is 29.1 Å². The average Bonchev–Trinajstić information content (AvgIpc) is 2.14. The Labute approximate surface area is 80.9 Å². The van der Waals surface area contributed by atoms with Crippen molar-refractivity contribution in [3.05, 3.63) is 29.3 Å². The summed E-state index contributed by atoms with van der Waals surface area (Å²) in [6.07, 6.45) is 0.304. The number of hydrogen-bond acceptors (Lipinski definition) is 1. The zero-order valence-corrected chi connectivity index (χ0v) is 8.03. The minimum Gasteiger partial charge on any atom is -0.326 e. The summed E-state index contributed by atoms with van der Waals surface area (Å²) >= 11 is 0. The molecule has 0 fully saturated rings. The average molecular weight is 199 g/mol. The minimum atomic E-state index is -0.956. The molecule has 0 unspecified atom stereocenters. The van der Waals surface area contributed by atoms with Crippen LogP contribution in [0.2, 0.25) is 0 Å². The van der Waals surface area contributed by atoms with Crippen LogP contribution in [0.3, 0.4) is 0 Å². The van der Waals surface area contributed by atoms with Crippen LogP contribution in [0.25, 0.3) is 0 Å². The Hall–Kier alpha value is -1.45. The summed E-state index contributed by atoms with van der Waals surface area (Å²) in [5.74, 6) is -2.09. The number of benzene rings is 1. The van der Waals surface area contributed by atoms with Gasteiger partial charge in [0.1, 0.15) is 0 Å². The van der Waals surface area contributed by atoms with Crippen molar-refractivity contribution in [2.45, 2.75) is 20.3 Å². The van der Waals surface area contributed by atoms with Crippen LogP contribution in [0.15, 0.2) is 12.1 Å². The molecule has 1 amide bonds. The predicted octanol–water partition coefficient (Wildman–Crippen LogP) is 2.62. The third kappa shape index (κ3) is 2.28. The van der Waals surface area contributed by atoms with E-state index in [9.17, 15) is 13.6 Å². The van der Waals surface area contributed by atoms with Gasteiger partial charge in [0, 0.05) is 18.2 Å². The molecule has 4 heteroatoms. The van der Waals surface area contributed by atoms with Crippen LogP contribution in [-0.4, -0.2) is 5.91 Å². The van der Waals surface area contributed by atoms with E-state index < -0.39 is 11.6 Å². The third-order valence-electron chi connectivity index (χ3n) is 1.86. The Morgan fingerprint density at radius 1 is 1.36 bits per heavy atom. The number of aryl methyl sites for hydroxylation is 1. The molecule has 76 valence electrons. The molecule has 0 radical (unpaired) electrons. The Morgan fingerprint density at radius 3 is 2.50 bits per heavy atom. The highest BCUT2D eigenvalue weighted by molar-refractivity contribution is 5.91. The molecule has 0 spiro atoms. The van der Waals surface area contributed by atoms with Gasteiger partial charge in [-0.05, 0) is 18.6 Å². The Morgan fingerprint density at radius 2 is 1.93 bits per heavy atom. The number of nitrogens with one attached hydrogen (secondary N) is 1. The lowest BCUT2D eigenvalue weighted by molar-refractivity contribution is -0.115. The fourth-order valence-corrected chi connectivity index (χ4v) is 1.02. The fraction of sp³-hybridized carbons (Fsp3) is 0.300. The molecule has 0 aliphatic rings. The summed E-state index contributed by atoms with van der Waals surface area (Å²) in [5, 5.41) is 2.48. The summed E-state index contributed by atoms with van der Waals surface area (Å²) in [4.78, 5) is 11.0. The van der Waals surface area contributed by atoms with Gasteiger partial charge in [-0.3, -0.25) is 4.79 Å². The molecule has 1 N–H and O–H groups in total. The van der Waals surface area contributed by atoms with Crippen molar-refractivity contribution in [2.75, 3.05) is 5.32 Å². The Bertz CT molecular complexity index is 363.